The van der Waals surface area contributed by atoms with E-state index >= 15 is 0 Å². The van der Waals surface area contributed by atoms with E-state index in [4.69, 9.17) is 24.5 Å². The SMILES string of the molecule is CCn1cc2c(n1)C(COC)CN(c1ccc(C)nn1)C2.O=C(O)C(F)(F)F.O=C(O)C(F)(F)F. The maximum atomic E-state index is 10.6. The predicted octanol–water partition coefficient (Wildman–Crippen LogP) is 3.02. The van der Waals surface area contributed by atoms with Crippen molar-refractivity contribution in [1.29, 1.82) is 0 Å². The van der Waals surface area contributed by atoms with Crippen molar-refractivity contribution in [2.75, 3.05) is 25.2 Å². The first kappa shape index (κ1) is 29.6. The summed E-state index contributed by atoms with van der Waals surface area (Å²) < 4.78 is 70.8. The Hall–Kier alpha value is -3.43. The molecule has 196 valence electrons. The summed E-state index contributed by atoms with van der Waals surface area (Å²) in [6.45, 7) is 7.30. The number of carboxylic acid groups (broad SMARTS) is 2. The van der Waals surface area contributed by atoms with Gasteiger partial charge in [-0.3, -0.25) is 4.68 Å². The number of fused-ring (bicyclic) bond motifs is 1. The molecule has 2 aromatic rings. The molecule has 1 unspecified atom stereocenters. The molecule has 0 aromatic carbocycles. The number of rotatable bonds is 4. The Bertz CT molecular complexity index is 954. The summed E-state index contributed by atoms with van der Waals surface area (Å²) in [7, 11) is 1.74. The van der Waals surface area contributed by atoms with E-state index in [1.54, 1.807) is 7.11 Å². The number of anilines is 1. The summed E-state index contributed by atoms with van der Waals surface area (Å²) in [5.41, 5.74) is 3.35. The first-order valence-corrected chi connectivity index (χ1v) is 9.80. The highest BCUT2D eigenvalue weighted by molar-refractivity contribution is 5.73. The number of carboxylic acids is 2. The van der Waals surface area contributed by atoms with Gasteiger partial charge < -0.3 is 19.8 Å². The van der Waals surface area contributed by atoms with Gasteiger partial charge in [0, 0.05) is 44.4 Å². The van der Waals surface area contributed by atoms with Crippen LogP contribution in [-0.2, 0) is 27.4 Å². The maximum Gasteiger partial charge on any atom is 0.490 e. The third kappa shape index (κ3) is 9.38. The number of aliphatic carboxylic acids is 2. The number of hydrogen-bond donors (Lipinski definition) is 2. The number of hydrogen-bond acceptors (Lipinski definition) is 7. The van der Waals surface area contributed by atoms with Crippen LogP contribution in [0.4, 0.5) is 32.2 Å². The molecule has 0 spiro atoms. The molecule has 1 aliphatic rings. The van der Waals surface area contributed by atoms with Crippen molar-refractivity contribution >= 4 is 17.8 Å². The van der Waals surface area contributed by atoms with Gasteiger partial charge in [0.2, 0.25) is 0 Å². The quantitative estimate of drug-likeness (QED) is 0.590. The summed E-state index contributed by atoms with van der Waals surface area (Å²) in [6.07, 6.45) is -8.04. The fourth-order valence-electron chi connectivity index (χ4n) is 2.80. The van der Waals surface area contributed by atoms with Crippen LogP contribution in [0.2, 0.25) is 0 Å². The molecule has 3 rings (SSSR count). The van der Waals surface area contributed by atoms with Crippen LogP contribution >= 0.6 is 0 Å². The first-order chi connectivity index (χ1) is 16.1. The average molecular weight is 515 g/mol. The van der Waals surface area contributed by atoms with Crippen molar-refractivity contribution in [3.63, 3.8) is 0 Å². The van der Waals surface area contributed by atoms with Gasteiger partial charge in [0.05, 0.1) is 18.0 Å². The van der Waals surface area contributed by atoms with Crippen molar-refractivity contribution in [3.8, 4) is 0 Å². The summed E-state index contributed by atoms with van der Waals surface area (Å²) in [6, 6.07) is 4.03. The average Bonchev–Trinajstić information content (AvgIpc) is 3.17. The zero-order valence-electron chi connectivity index (χ0n) is 18.8. The standard InChI is InChI=1S/C15H21N5O.2C2HF3O2/c1-4-20-9-12-7-19(14-6-5-11(2)16-17-14)8-13(10-21-3)15(12)18-20;2*3-2(4,5)1(6)7/h5-6,9,13H,4,7-8,10H2,1-3H3;2*(H,6,7). The molecule has 0 aliphatic carbocycles. The lowest BCUT2D eigenvalue weighted by Crippen LogP contribution is -2.35. The molecule has 2 aromatic heterocycles. The van der Waals surface area contributed by atoms with Crippen molar-refractivity contribution in [2.24, 2.45) is 0 Å². The minimum atomic E-state index is -5.08. The van der Waals surface area contributed by atoms with Crippen LogP contribution in [0.25, 0.3) is 0 Å². The van der Waals surface area contributed by atoms with E-state index in [1.165, 1.54) is 5.56 Å². The van der Waals surface area contributed by atoms with Gasteiger partial charge >= 0.3 is 24.3 Å². The van der Waals surface area contributed by atoms with E-state index in [2.05, 4.69) is 33.3 Å². The summed E-state index contributed by atoms with van der Waals surface area (Å²) in [5.74, 6) is -4.33. The molecular formula is C19H23F6N5O5. The number of alkyl halides is 6. The smallest absolute Gasteiger partial charge is 0.475 e. The Morgan fingerprint density at radius 2 is 1.63 bits per heavy atom. The van der Waals surface area contributed by atoms with Gasteiger partial charge in [-0.25, -0.2) is 9.59 Å². The van der Waals surface area contributed by atoms with Gasteiger partial charge in [-0.05, 0) is 26.0 Å². The van der Waals surface area contributed by atoms with Gasteiger partial charge in [-0.15, -0.1) is 5.10 Å². The number of halogens is 6. The third-order valence-electron chi connectivity index (χ3n) is 4.34. The minimum Gasteiger partial charge on any atom is -0.475 e. The topological polar surface area (TPSA) is 131 Å². The van der Waals surface area contributed by atoms with E-state index < -0.39 is 24.3 Å². The van der Waals surface area contributed by atoms with Gasteiger partial charge in [-0.1, -0.05) is 0 Å². The molecule has 0 bridgehead atoms. The number of aryl methyl sites for hydroxylation is 2. The number of aromatic nitrogens is 4. The predicted molar refractivity (Wildman–Crippen MR) is 108 cm³/mol. The molecule has 16 heteroatoms. The Balaban J connectivity index is 0.000000362. The van der Waals surface area contributed by atoms with E-state index in [0.717, 1.165) is 36.8 Å². The lowest BCUT2D eigenvalue weighted by molar-refractivity contribution is -0.193. The van der Waals surface area contributed by atoms with Crippen LogP contribution in [0.15, 0.2) is 18.3 Å². The third-order valence-corrected chi connectivity index (χ3v) is 4.34. The highest BCUT2D eigenvalue weighted by Gasteiger charge is 2.38. The molecule has 1 atom stereocenters. The largest absolute Gasteiger partial charge is 0.490 e. The number of methoxy groups -OCH3 is 1. The highest BCUT2D eigenvalue weighted by atomic mass is 19.4. The van der Waals surface area contributed by atoms with Gasteiger partial charge in [0.1, 0.15) is 0 Å². The van der Waals surface area contributed by atoms with Crippen LogP contribution in [0, 0.1) is 6.92 Å². The van der Waals surface area contributed by atoms with Gasteiger partial charge in [-0.2, -0.15) is 36.5 Å². The van der Waals surface area contributed by atoms with Crippen molar-refractivity contribution in [1.82, 2.24) is 20.0 Å². The van der Waals surface area contributed by atoms with Crippen molar-refractivity contribution in [2.45, 2.75) is 45.2 Å². The Morgan fingerprint density at radius 1 is 1.09 bits per heavy atom. The molecule has 3 heterocycles. The zero-order chi connectivity index (χ0) is 27.0. The fraction of sp³-hybridized carbons (Fsp3) is 0.526. The second-order valence-electron chi connectivity index (χ2n) is 7.07. The number of nitrogens with zero attached hydrogens (tertiary/aromatic N) is 5. The van der Waals surface area contributed by atoms with Crippen LogP contribution < -0.4 is 4.90 Å². The van der Waals surface area contributed by atoms with Crippen LogP contribution in [-0.4, -0.2) is 74.7 Å². The van der Waals surface area contributed by atoms with Crippen LogP contribution in [0.5, 0.6) is 0 Å². The molecular weight excluding hydrogens is 492 g/mol. The molecule has 35 heavy (non-hydrogen) atoms. The van der Waals surface area contributed by atoms with Gasteiger partial charge in [0.15, 0.2) is 5.82 Å². The second kappa shape index (κ2) is 12.3. The Kier molecular flexibility index (Phi) is 10.4. The number of ether oxygens (including phenoxy) is 1. The summed E-state index contributed by atoms with van der Waals surface area (Å²) in [5, 5.41) is 27.4. The summed E-state index contributed by atoms with van der Waals surface area (Å²) >= 11 is 0. The molecule has 0 saturated heterocycles. The Labute approximate surface area is 195 Å². The van der Waals surface area contributed by atoms with Crippen molar-refractivity contribution in [3.05, 3.63) is 35.3 Å². The normalized spacial score (nSPS) is 15.2. The molecule has 2 N–H and O–H groups in total. The molecule has 0 saturated carbocycles. The minimum absolute atomic E-state index is 0.273. The molecule has 0 fully saturated rings. The van der Waals surface area contributed by atoms with Crippen LogP contribution in [0.1, 0.15) is 29.8 Å². The molecule has 0 amide bonds. The number of carbonyl (C=O) groups is 2. The molecule has 1 aliphatic heterocycles. The lowest BCUT2D eigenvalue weighted by atomic mass is 9.97. The zero-order valence-corrected chi connectivity index (χ0v) is 18.8. The second-order valence-corrected chi connectivity index (χ2v) is 7.07. The molecule has 10 nitrogen and oxygen atoms in total. The Morgan fingerprint density at radius 3 is 2.03 bits per heavy atom. The fourth-order valence-corrected chi connectivity index (χ4v) is 2.80. The molecule has 0 radical (unpaired) electrons. The van der Waals surface area contributed by atoms with E-state index in [-0.39, 0.29) is 5.92 Å². The van der Waals surface area contributed by atoms with Crippen molar-refractivity contribution < 1.29 is 50.9 Å². The van der Waals surface area contributed by atoms with E-state index in [1.807, 2.05) is 23.7 Å². The van der Waals surface area contributed by atoms with E-state index in [9.17, 15) is 26.3 Å². The summed E-state index contributed by atoms with van der Waals surface area (Å²) in [4.78, 5) is 20.0. The van der Waals surface area contributed by atoms with Gasteiger partial charge in [0.25, 0.3) is 0 Å². The highest BCUT2D eigenvalue weighted by Crippen LogP contribution is 2.30. The van der Waals surface area contributed by atoms with Crippen LogP contribution in [0.3, 0.4) is 0 Å². The first-order valence-electron chi connectivity index (χ1n) is 9.80. The monoisotopic (exact) mass is 515 g/mol. The van der Waals surface area contributed by atoms with E-state index in [0.29, 0.717) is 6.61 Å². The maximum absolute atomic E-state index is 10.6. The lowest BCUT2D eigenvalue weighted by Gasteiger charge is -2.32.